The maximum absolute atomic E-state index is 12.4. The Morgan fingerprint density at radius 1 is 0.935 bits per heavy atom. The second kappa shape index (κ2) is 9.86. The summed E-state index contributed by atoms with van der Waals surface area (Å²) in [5.74, 6) is -0.340. The number of carboxylic acid groups (broad SMARTS) is 1. The highest BCUT2D eigenvalue weighted by atomic mass is 16.5. The van der Waals surface area contributed by atoms with Crippen LogP contribution in [0.2, 0.25) is 0 Å². The van der Waals surface area contributed by atoms with Crippen molar-refractivity contribution in [1.29, 1.82) is 0 Å². The number of hydrogen-bond donors (Lipinski definition) is 3. The number of benzene rings is 2. The number of carboxylic acids is 1. The first-order valence-electron chi connectivity index (χ1n) is 9.11. The molecule has 0 aromatic heterocycles. The van der Waals surface area contributed by atoms with Crippen LogP contribution in [0.1, 0.15) is 18.1 Å². The fourth-order valence-corrected chi connectivity index (χ4v) is 2.82. The van der Waals surface area contributed by atoms with Crippen LogP contribution in [-0.4, -0.2) is 50.5 Å². The minimum Gasteiger partial charge on any atom is -0.496 e. The maximum Gasteiger partial charge on any atom is 0.340 e. The summed E-state index contributed by atoms with van der Waals surface area (Å²) in [6.45, 7) is 1.13. The van der Waals surface area contributed by atoms with E-state index in [2.05, 4.69) is 5.32 Å². The molecule has 2 rings (SSSR count). The summed E-state index contributed by atoms with van der Waals surface area (Å²) in [5, 5.41) is 22.2. The predicted octanol–water partition coefficient (Wildman–Crippen LogP) is 2.67. The van der Waals surface area contributed by atoms with Gasteiger partial charge in [0.1, 0.15) is 23.0 Å². The van der Waals surface area contributed by atoms with Crippen molar-refractivity contribution < 1.29 is 38.7 Å². The smallest absolute Gasteiger partial charge is 0.340 e. The van der Waals surface area contributed by atoms with Crippen LogP contribution >= 0.6 is 0 Å². The molecule has 9 heteroatoms. The van der Waals surface area contributed by atoms with E-state index < -0.39 is 17.5 Å². The molecule has 0 saturated heterocycles. The van der Waals surface area contributed by atoms with Crippen LogP contribution in [0.3, 0.4) is 0 Å². The number of rotatable bonds is 9. The number of nitrogens with one attached hydrogen (secondary N) is 1. The summed E-state index contributed by atoms with van der Waals surface area (Å²) < 4.78 is 21.0. The van der Waals surface area contributed by atoms with E-state index in [1.54, 1.807) is 12.1 Å². The van der Waals surface area contributed by atoms with Crippen LogP contribution in [0.15, 0.2) is 36.4 Å². The number of methoxy groups -OCH3 is 4. The molecule has 0 aliphatic rings. The minimum absolute atomic E-state index is 0.00257. The minimum atomic E-state index is -2.20. The predicted molar refractivity (Wildman–Crippen MR) is 114 cm³/mol. The van der Waals surface area contributed by atoms with Gasteiger partial charge >= 0.3 is 5.97 Å². The van der Waals surface area contributed by atoms with Crippen molar-refractivity contribution in [1.82, 2.24) is 0 Å². The number of aliphatic carboxylic acids is 1. The van der Waals surface area contributed by atoms with Gasteiger partial charge in [-0.05, 0) is 31.2 Å². The molecule has 1 atom stereocenters. The van der Waals surface area contributed by atoms with Crippen LogP contribution in [0, 0.1) is 0 Å². The van der Waals surface area contributed by atoms with Crippen molar-refractivity contribution in [3.63, 3.8) is 0 Å². The molecule has 0 radical (unpaired) electrons. The number of ether oxygens (including phenoxy) is 4. The van der Waals surface area contributed by atoms with Gasteiger partial charge in [-0.25, -0.2) is 4.79 Å². The average molecular weight is 431 g/mol. The number of anilines is 1. The fraction of sp³-hybridized carbons (Fsp3) is 0.273. The first-order chi connectivity index (χ1) is 14.7. The van der Waals surface area contributed by atoms with Crippen molar-refractivity contribution >= 4 is 23.6 Å². The Labute approximate surface area is 179 Å². The molecule has 0 fully saturated rings. The normalized spacial score (nSPS) is 12.7. The molecule has 1 unspecified atom stereocenters. The number of carbonyl (C=O) groups is 2. The fourth-order valence-electron chi connectivity index (χ4n) is 2.82. The molecule has 0 spiro atoms. The molecule has 0 bridgehead atoms. The quantitative estimate of drug-likeness (QED) is 0.518. The van der Waals surface area contributed by atoms with E-state index in [4.69, 9.17) is 18.9 Å². The summed E-state index contributed by atoms with van der Waals surface area (Å²) >= 11 is 0. The van der Waals surface area contributed by atoms with Gasteiger partial charge in [-0.3, -0.25) is 4.79 Å². The van der Waals surface area contributed by atoms with E-state index >= 15 is 0 Å². The van der Waals surface area contributed by atoms with E-state index in [0.29, 0.717) is 22.8 Å². The number of amides is 1. The highest BCUT2D eigenvalue weighted by molar-refractivity contribution is 6.02. The Morgan fingerprint density at radius 3 is 2.00 bits per heavy atom. The molecule has 0 aliphatic carbocycles. The van der Waals surface area contributed by atoms with E-state index in [-0.39, 0.29) is 17.0 Å². The lowest BCUT2D eigenvalue weighted by Crippen LogP contribution is -2.32. The molecule has 2 aromatic rings. The van der Waals surface area contributed by atoms with Crippen molar-refractivity contribution in [3.8, 4) is 23.0 Å². The zero-order chi connectivity index (χ0) is 23.2. The first-order valence-corrected chi connectivity index (χ1v) is 9.11. The SMILES string of the molecule is COc1cc(OC)c(/C=C/C(=O)Nc2ccc(OC)c(C(C)(O)C(=O)O)c2)c(OC)c1. The number of hydrogen-bond acceptors (Lipinski definition) is 7. The van der Waals surface area contributed by atoms with Gasteiger partial charge in [0.25, 0.3) is 0 Å². The molecular formula is C22H25NO8. The lowest BCUT2D eigenvalue weighted by atomic mass is 9.94. The molecule has 0 saturated carbocycles. The zero-order valence-electron chi connectivity index (χ0n) is 17.9. The van der Waals surface area contributed by atoms with Crippen LogP contribution in [0.5, 0.6) is 23.0 Å². The Bertz CT molecular complexity index is 972. The van der Waals surface area contributed by atoms with Gasteiger partial charge in [0.15, 0.2) is 5.60 Å². The van der Waals surface area contributed by atoms with Gasteiger partial charge in [-0.1, -0.05) is 0 Å². The summed E-state index contributed by atoms with van der Waals surface area (Å²) in [5.41, 5.74) is -1.39. The Hall–Kier alpha value is -3.72. The molecule has 2 aromatic carbocycles. The Morgan fingerprint density at radius 2 is 1.52 bits per heavy atom. The van der Waals surface area contributed by atoms with E-state index in [1.807, 2.05) is 0 Å². The third-order valence-electron chi connectivity index (χ3n) is 4.56. The van der Waals surface area contributed by atoms with Gasteiger partial charge in [-0.15, -0.1) is 0 Å². The van der Waals surface area contributed by atoms with E-state index in [9.17, 15) is 19.8 Å². The zero-order valence-corrected chi connectivity index (χ0v) is 17.9. The van der Waals surface area contributed by atoms with Crippen LogP contribution in [-0.2, 0) is 15.2 Å². The first kappa shape index (κ1) is 23.6. The van der Waals surface area contributed by atoms with Gasteiger partial charge in [0.2, 0.25) is 5.91 Å². The van der Waals surface area contributed by atoms with Crippen molar-refractivity contribution in [2.24, 2.45) is 0 Å². The largest absolute Gasteiger partial charge is 0.496 e. The molecule has 3 N–H and O–H groups in total. The standard InChI is InChI=1S/C22H25NO8/c1-22(27,21(25)26)16-10-13(6-8-17(16)29-3)23-20(24)9-7-15-18(30-4)11-14(28-2)12-19(15)31-5/h6-12,27H,1-5H3,(H,23,24)(H,25,26)/b9-7+. The molecule has 9 nitrogen and oxygen atoms in total. The molecule has 31 heavy (non-hydrogen) atoms. The summed E-state index contributed by atoms with van der Waals surface area (Å²) in [6.07, 6.45) is 2.79. The summed E-state index contributed by atoms with van der Waals surface area (Å²) in [7, 11) is 5.84. The third-order valence-corrected chi connectivity index (χ3v) is 4.56. The van der Waals surface area contributed by atoms with Crippen molar-refractivity contribution in [2.75, 3.05) is 33.8 Å². The highest BCUT2D eigenvalue weighted by Gasteiger charge is 2.35. The van der Waals surface area contributed by atoms with Crippen LogP contribution in [0.4, 0.5) is 5.69 Å². The van der Waals surface area contributed by atoms with Crippen LogP contribution < -0.4 is 24.3 Å². The molecule has 1 amide bonds. The number of aliphatic hydroxyl groups is 1. The topological polar surface area (TPSA) is 124 Å². The Balaban J connectivity index is 2.31. The van der Waals surface area contributed by atoms with Gasteiger partial charge in [0.05, 0.1) is 34.0 Å². The monoisotopic (exact) mass is 431 g/mol. The Kier molecular flexibility index (Phi) is 7.49. The lowest BCUT2D eigenvalue weighted by Gasteiger charge is -2.22. The second-order valence-corrected chi connectivity index (χ2v) is 6.56. The molecule has 0 heterocycles. The third kappa shape index (κ3) is 5.26. The molecule has 0 aliphatic heterocycles. The maximum atomic E-state index is 12.4. The number of carbonyl (C=O) groups excluding carboxylic acids is 1. The molecule has 166 valence electrons. The van der Waals surface area contributed by atoms with E-state index in [0.717, 1.165) is 6.92 Å². The summed E-state index contributed by atoms with van der Waals surface area (Å²) in [6, 6.07) is 7.64. The van der Waals surface area contributed by atoms with Crippen LogP contribution in [0.25, 0.3) is 6.08 Å². The van der Waals surface area contributed by atoms with Gasteiger partial charge < -0.3 is 34.5 Å². The highest BCUT2D eigenvalue weighted by Crippen LogP contribution is 2.35. The summed E-state index contributed by atoms with van der Waals surface area (Å²) in [4.78, 5) is 23.9. The average Bonchev–Trinajstić information content (AvgIpc) is 2.76. The van der Waals surface area contributed by atoms with E-state index in [1.165, 1.54) is 58.8 Å². The van der Waals surface area contributed by atoms with Gasteiger partial charge in [0, 0.05) is 29.5 Å². The van der Waals surface area contributed by atoms with Gasteiger partial charge in [-0.2, -0.15) is 0 Å². The van der Waals surface area contributed by atoms with Crippen molar-refractivity contribution in [2.45, 2.75) is 12.5 Å². The second-order valence-electron chi connectivity index (χ2n) is 6.56. The lowest BCUT2D eigenvalue weighted by molar-refractivity contribution is -0.157. The van der Waals surface area contributed by atoms with Crippen molar-refractivity contribution in [3.05, 3.63) is 47.5 Å². The molecular weight excluding hydrogens is 406 g/mol.